The third-order valence-electron chi connectivity index (χ3n) is 7.88. The van der Waals surface area contributed by atoms with Crippen molar-refractivity contribution in [2.24, 2.45) is 0 Å². The summed E-state index contributed by atoms with van der Waals surface area (Å²) in [5.41, 5.74) is 5.81. The van der Waals surface area contributed by atoms with E-state index in [1.807, 2.05) is 54.6 Å². The molecule has 0 heterocycles. The highest BCUT2D eigenvalue weighted by molar-refractivity contribution is 5.86. The molecule has 5 aromatic rings. The maximum Gasteiger partial charge on any atom is 0.330 e. The third kappa shape index (κ3) is 11.0. The van der Waals surface area contributed by atoms with Crippen LogP contribution in [0.5, 0.6) is 5.75 Å². The zero-order chi connectivity index (χ0) is 35.8. The Balaban J connectivity index is 1.15. The van der Waals surface area contributed by atoms with Crippen molar-refractivity contribution in [3.05, 3.63) is 150 Å². The lowest BCUT2D eigenvalue weighted by Gasteiger charge is -2.08. The van der Waals surface area contributed by atoms with E-state index in [0.717, 1.165) is 86.0 Å². The Morgan fingerprint density at radius 1 is 0.569 bits per heavy atom. The van der Waals surface area contributed by atoms with E-state index in [2.05, 4.69) is 92.0 Å². The van der Waals surface area contributed by atoms with Crippen LogP contribution in [0.25, 0.3) is 21.5 Å². The number of unbranched alkanes of at least 4 members (excludes halogenated alkanes) is 2. The van der Waals surface area contributed by atoms with Crippen molar-refractivity contribution in [2.75, 3.05) is 19.8 Å². The minimum atomic E-state index is -0.426. The van der Waals surface area contributed by atoms with Gasteiger partial charge < -0.3 is 14.2 Å². The molecule has 0 unspecified atom stereocenters. The fourth-order valence-electron chi connectivity index (χ4n) is 5.15. The highest BCUT2D eigenvalue weighted by atomic mass is 16.5. The summed E-state index contributed by atoms with van der Waals surface area (Å²) < 4.78 is 15.8. The number of aryl methyl sites for hydroxylation is 1. The summed E-state index contributed by atoms with van der Waals surface area (Å²) in [6, 6.07) is 30.6. The van der Waals surface area contributed by atoms with E-state index >= 15 is 0 Å². The molecule has 0 saturated carbocycles. The van der Waals surface area contributed by atoms with Gasteiger partial charge in [-0.1, -0.05) is 72.9 Å². The topological polar surface area (TPSA) is 61.8 Å². The van der Waals surface area contributed by atoms with Gasteiger partial charge in [-0.3, -0.25) is 0 Å². The Labute approximate surface area is 299 Å². The van der Waals surface area contributed by atoms with E-state index in [1.54, 1.807) is 0 Å². The van der Waals surface area contributed by atoms with Gasteiger partial charge in [-0.05, 0) is 114 Å². The molecule has 0 bridgehead atoms. The van der Waals surface area contributed by atoms with Crippen LogP contribution < -0.4 is 4.74 Å². The van der Waals surface area contributed by atoms with E-state index < -0.39 is 5.97 Å². The maximum atomic E-state index is 11.1. The predicted octanol–water partition coefficient (Wildman–Crippen LogP) is 8.85. The summed E-state index contributed by atoms with van der Waals surface area (Å²) >= 11 is 0. The average Bonchev–Trinajstić information content (AvgIpc) is 3.15. The van der Waals surface area contributed by atoms with Crippen LogP contribution >= 0.6 is 0 Å². The summed E-state index contributed by atoms with van der Waals surface area (Å²) in [4.78, 5) is 22.2. The second-order valence-electron chi connectivity index (χ2n) is 11.7. The van der Waals surface area contributed by atoms with Gasteiger partial charge in [0, 0.05) is 52.8 Å². The first-order valence-electron chi connectivity index (χ1n) is 16.8. The smallest absolute Gasteiger partial charge is 0.330 e. The highest BCUT2D eigenvalue weighted by Crippen LogP contribution is 2.23. The molecule has 5 aromatic carbocycles. The molecule has 0 atom stereocenters. The molecule has 0 amide bonds. The Kier molecular flexibility index (Phi) is 12.9. The summed E-state index contributed by atoms with van der Waals surface area (Å²) in [6.07, 6.45) is 5.32. The second-order valence-corrected chi connectivity index (χ2v) is 11.7. The number of carbonyl (C=O) groups is 2. The molecule has 0 fully saturated rings. The molecule has 51 heavy (non-hydrogen) atoms. The second kappa shape index (κ2) is 18.3. The first-order chi connectivity index (χ1) is 24.9. The molecule has 5 heteroatoms. The van der Waals surface area contributed by atoms with Gasteiger partial charge in [0.1, 0.15) is 5.75 Å². The fourth-order valence-corrected chi connectivity index (χ4v) is 5.15. The first-order valence-corrected chi connectivity index (χ1v) is 16.8. The van der Waals surface area contributed by atoms with Gasteiger partial charge >= 0.3 is 11.9 Å². The molecule has 0 radical (unpaired) electrons. The quantitative estimate of drug-likeness (QED) is 0.0608. The fraction of sp³-hybridized carbons (Fsp3) is 0.174. The number of benzene rings is 5. The largest absolute Gasteiger partial charge is 0.493 e. The number of hydrogen-bond acceptors (Lipinski definition) is 5. The molecule has 0 aliphatic heterocycles. The van der Waals surface area contributed by atoms with Crippen LogP contribution in [0.3, 0.4) is 0 Å². The summed E-state index contributed by atoms with van der Waals surface area (Å²) in [7, 11) is 0. The SMILES string of the molecule is C=CC(=O)OCCCCC#Cc1ccc2cc(C#Cc3ccc(C#Cc4ccc5cc(OCCCOC(=O)C=C)ccc5c4)cc3C)ccc2c1. The summed E-state index contributed by atoms with van der Waals surface area (Å²) in [5, 5.41) is 4.37. The van der Waals surface area contributed by atoms with Gasteiger partial charge in [0.05, 0.1) is 19.8 Å². The van der Waals surface area contributed by atoms with Crippen LogP contribution in [0.2, 0.25) is 0 Å². The predicted molar refractivity (Wildman–Crippen MR) is 204 cm³/mol. The normalized spacial score (nSPS) is 10.1. The lowest BCUT2D eigenvalue weighted by Crippen LogP contribution is -2.06. The number of esters is 2. The number of ether oxygens (including phenoxy) is 3. The Morgan fingerprint density at radius 2 is 1.08 bits per heavy atom. The van der Waals surface area contributed by atoms with Gasteiger partial charge in [-0.2, -0.15) is 0 Å². The van der Waals surface area contributed by atoms with Gasteiger partial charge in [0.15, 0.2) is 0 Å². The maximum absolute atomic E-state index is 11.1. The molecule has 0 aliphatic rings. The molecule has 0 spiro atoms. The monoisotopic (exact) mass is 670 g/mol. The van der Waals surface area contributed by atoms with Crippen LogP contribution in [0.4, 0.5) is 0 Å². The van der Waals surface area contributed by atoms with Crippen LogP contribution in [-0.2, 0) is 19.1 Å². The van der Waals surface area contributed by atoms with Crippen molar-refractivity contribution < 1.29 is 23.8 Å². The number of carbonyl (C=O) groups excluding carboxylic acids is 2. The van der Waals surface area contributed by atoms with E-state index in [4.69, 9.17) is 14.2 Å². The molecular weight excluding hydrogens is 633 g/mol. The number of fused-ring (bicyclic) bond motifs is 2. The van der Waals surface area contributed by atoms with Gasteiger partial charge in [0.2, 0.25) is 0 Å². The molecule has 0 saturated heterocycles. The van der Waals surface area contributed by atoms with Crippen LogP contribution in [0.15, 0.2) is 116 Å². The minimum absolute atomic E-state index is 0.295. The van der Waals surface area contributed by atoms with Crippen molar-refractivity contribution in [3.63, 3.8) is 0 Å². The van der Waals surface area contributed by atoms with Crippen LogP contribution in [0.1, 0.15) is 59.1 Å². The molecule has 252 valence electrons. The van der Waals surface area contributed by atoms with Crippen LogP contribution in [0, 0.1) is 42.4 Å². The van der Waals surface area contributed by atoms with Crippen LogP contribution in [-0.4, -0.2) is 31.8 Å². The van der Waals surface area contributed by atoms with Gasteiger partial charge in [-0.25, -0.2) is 9.59 Å². The first kappa shape index (κ1) is 35.8. The number of hydrogen-bond donors (Lipinski definition) is 0. The van der Waals surface area contributed by atoms with E-state index in [1.165, 1.54) is 6.08 Å². The molecule has 0 N–H and O–H groups in total. The zero-order valence-electron chi connectivity index (χ0n) is 28.7. The standard InChI is InChI=1S/C46H38O5/c1-4-45(47)50-26-9-7-6-8-11-35-16-21-41-32-38(17-22-40(41)30-35)15-20-39-19-14-36(29-34(39)3)12-13-37-18-23-43-33-44(25-24-42(43)31-37)49-27-10-28-51-46(48)5-2/h4-5,14,16-19,21-25,29-33H,1-2,6-7,9-10,26-28H2,3H3. The van der Waals surface area contributed by atoms with Gasteiger partial charge in [-0.15, -0.1) is 0 Å². The lowest BCUT2D eigenvalue weighted by molar-refractivity contribution is -0.138. The van der Waals surface area contributed by atoms with E-state index in [9.17, 15) is 9.59 Å². The van der Waals surface area contributed by atoms with Crippen molar-refractivity contribution in [1.82, 2.24) is 0 Å². The third-order valence-corrected chi connectivity index (χ3v) is 7.88. The van der Waals surface area contributed by atoms with Crippen molar-refractivity contribution >= 4 is 33.5 Å². The van der Waals surface area contributed by atoms with Crippen molar-refractivity contribution in [1.29, 1.82) is 0 Å². The van der Waals surface area contributed by atoms with E-state index in [-0.39, 0.29) is 5.97 Å². The average molecular weight is 671 g/mol. The Morgan fingerprint density at radius 3 is 1.69 bits per heavy atom. The van der Waals surface area contributed by atoms with Crippen molar-refractivity contribution in [3.8, 4) is 41.3 Å². The lowest BCUT2D eigenvalue weighted by atomic mass is 10.0. The van der Waals surface area contributed by atoms with Gasteiger partial charge in [0.25, 0.3) is 0 Å². The summed E-state index contributed by atoms with van der Waals surface area (Å²) in [5.74, 6) is 19.6. The molecule has 5 rings (SSSR count). The Hall–Kier alpha value is -6.48. The minimum Gasteiger partial charge on any atom is -0.493 e. The number of rotatable bonds is 11. The highest BCUT2D eigenvalue weighted by Gasteiger charge is 2.02. The molecule has 5 nitrogen and oxygen atoms in total. The molecular formula is C46H38O5. The summed E-state index contributed by atoms with van der Waals surface area (Å²) in [6.45, 7) is 9.97. The Bertz CT molecular complexity index is 2280. The zero-order valence-corrected chi connectivity index (χ0v) is 28.7. The molecule has 0 aromatic heterocycles. The van der Waals surface area contributed by atoms with Crippen molar-refractivity contribution in [2.45, 2.75) is 32.6 Å². The van der Waals surface area contributed by atoms with E-state index in [0.29, 0.717) is 26.2 Å². The molecule has 0 aliphatic carbocycles.